The quantitative estimate of drug-likeness (QED) is 0.764. The molecule has 104 valence electrons. The number of aromatic nitrogens is 2. The molecule has 0 aliphatic carbocycles. The SMILES string of the molecule is Cc1cccc(-c2cc(Nc3ccccc3)nc(C)n2)c1. The maximum atomic E-state index is 4.54. The Kier molecular flexibility index (Phi) is 3.65. The summed E-state index contributed by atoms with van der Waals surface area (Å²) in [4.78, 5) is 8.99. The molecule has 0 amide bonds. The van der Waals surface area contributed by atoms with Crippen molar-refractivity contribution in [2.24, 2.45) is 0 Å². The van der Waals surface area contributed by atoms with Gasteiger partial charge in [0.25, 0.3) is 0 Å². The lowest BCUT2D eigenvalue weighted by molar-refractivity contribution is 1.06. The Balaban J connectivity index is 1.97. The summed E-state index contributed by atoms with van der Waals surface area (Å²) in [6.07, 6.45) is 0. The van der Waals surface area contributed by atoms with Crippen molar-refractivity contribution < 1.29 is 0 Å². The van der Waals surface area contributed by atoms with E-state index in [2.05, 4.69) is 40.4 Å². The first-order valence-electron chi connectivity index (χ1n) is 6.95. The number of nitrogens with one attached hydrogen (secondary N) is 1. The van der Waals surface area contributed by atoms with Crippen LogP contribution in [-0.4, -0.2) is 9.97 Å². The van der Waals surface area contributed by atoms with Crippen molar-refractivity contribution in [3.8, 4) is 11.3 Å². The first-order valence-corrected chi connectivity index (χ1v) is 6.95. The van der Waals surface area contributed by atoms with Crippen LogP contribution in [0.15, 0.2) is 60.7 Å². The molecule has 3 heteroatoms. The number of aryl methyl sites for hydroxylation is 2. The monoisotopic (exact) mass is 275 g/mol. The van der Waals surface area contributed by atoms with E-state index in [1.807, 2.05) is 49.4 Å². The fraction of sp³-hybridized carbons (Fsp3) is 0.111. The molecule has 0 radical (unpaired) electrons. The minimum absolute atomic E-state index is 0.757. The van der Waals surface area contributed by atoms with Gasteiger partial charge < -0.3 is 5.32 Å². The van der Waals surface area contributed by atoms with Crippen LogP contribution in [0.3, 0.4) is 0 Å². The van der Waals surface area contributed by atoms with E-state index < -0.39 is 0 Å². The second-order valence-corrected chi connectivity index (χ2v) is 5.05. The molecular weight excluding hydrogens is 258 g/mol. The van der Waals surface area contributed by atoms with Crippen molar-refractivity contribution in [2.45, 2.75) is 13.8 Å². The zero-order valence-corrected chi connectivity index (χ0v) is 12.2. The Morgan fingerprint density at radius 3 is 2.38 bits per heavy atom. The highest BCUT2D eigenvalue weighted by Gasteiger charge is 2.05. The summed E-state index contributed by atoms with van der Waals surface area (Å²) in [7, 11) is 0. The molecule has 0 saturated heterocycles. The van der Waals surface area contributed by atoms with E-state index in [0.717, 1.165) is 28.6 Å². The van der Waals surface area contributed by atoms with Crippen LogP contribution in [0.5, 0.6) is 0 Å². The van der Waals surface area contributed by atoms with E-state index in [1.165, 1.54) is 5.56 Å². The summed E-state index contributed by atoms with van der Waals surface area (Å²) < 4.78 is 0. The Morgan fingerprint density at radius 1 is 0.810 bits per heavy atom. The van der Waals surface area contributed by atoms with Gasteiger partial charge in [0.05, 0.1) is 5.69 Å². The number of benzene rings is 2. The Morgan fingerprint density at radius 2 is 1.62 bits per heavy atom. The summed E-state index contributed by atoms with van der Waals surface area (Å²) >= 11 is 0. The molecule has 1 aromatic heterocycles. The van der Waals surface area contributed by atoms with Crippen molar-refractivity contribution in [3.05, 3.63) is 72.1 Å². The minimum Gasteiger partial charge on any atom is -0.340 e. The van der Waals surface area contributed by atoms with E-state index in [1.54, 1.807) is 0 Å². The van der Waals surface area contributed by atoms with Gasteiger partial charge in [-0.25, -0.2) is 9.97 Å². The van der Waals surface area contributed by atoms with Crippen molar-refractivity contribution >= 4 is 11.5 Å². The number of hydrogen-bond acceptors (Lipinski definition) is 3. The molecule has 0 saturated carbocycles. The van der Waals surface area contributed by atoms with E-state index >= 15 is 0 Å². The topological polar surface area (TPSA) is 37.8 Å². The van der Waals surface area contributed by atoms with Crippen LogP contribution in [-0.2, 0) is 0 Å². The van der Waals surface area contributed by atoms with Crippen LogP contribution in [0.4, 0.5) is 11.5 Å². The first-order chi connectivity index (χ1) is 10.2. The Labute approximate surface area is 124 Å². The maximum Gasteiger partial charge on any atom is 0.134 e. The highest BCUT2D eigenvalue weighted by Crippen LogP contribution is 2.22. The minimum atomic E-state index is 0.757. The molecule has 0 aliphatic heterocycles. The summed E-state index contributed by atoms with van der Waals surface area (Å²) in [6.45, 7) is 4.00. The van der Waals surface area contributed by atoms with Gasteiger partial charge in [-0.2, -0.15) is 0 Å². The van der Waals surface area contributed by atoms with Gasteiger partial charge in [0.15, 0.2) is 0 Å². The molecule has 0 aliphatic rings. The first kappa shape index (κ1) is 13.3. The lowest BCUT2D eigenvalue weighted by Crippen LogP contribution is -1.98. The molecular formula is C18H17N3. The second-order valence-electron chi connectivity index (χ2n) is 5.05. The van der Waals surface area contributed by atoms with E-state index in [-0.39, 0.29) is 0 Å². The molecule has 3 rings (SSSR count). The van der Waals surface area contributed by atoms with Crippen molar-refractivity contribution in [1.29, 1.82) is 0 Å². The van der Waals surface area contributed by atoms with Crippen LogP contribution >= 0.6 is 0 Å². The highest BCUT2D eigenvalue weighted by molar-refractivity contribution is 5.66. The highest BCUT2D eigenvalue weighted by atomic mass is 15.0. The third-order valence-electron chi connectivity index (χ3n) is 3.20. The molecule has 0 spiro atoms. The number of nitrogens with zero attached hydrogens (tertiary/aromatic N) is 2. The largest absolute Gasteiger partial charge is 0.340 e. The van der Waals surface area contributed by atoms with Gasteiger partial charge in [-0.15, -0.1) is 0 Å². The molecule has 3 nitrogen and oxygen atoms in total. The lowest BCUT2D eigenvalue weighted by atomic mass is 10.1. The van der Waals surface area contributed by atoms with Gasteiger partial charge in [-0.3, -0.25) is 0 Å². The number of rotatable bonds is 3. The van der Waals surface area contributed by atoms with Crippen molar-refractivity contribution in [1.82, 2.24) is 9.97 Å². The third kappa shape index (κ3) is 3.26. The lowest BCUT2D eigenvalue weighted by Gasteiger charge is -2.09. The molecule has 0 bridgehead atoms. The summed E-state index contributed by atoms with van der Waals surface area (Å²) in [5, 5.41) is 3.32. The zero-order chi connectivity index (χ0) is 14.7. The number of para-hydroxylation sites is 1. The average molecular weight is 275 g/mol. The summed E-state index contributed by atoms with van der Waals surface area (Å²) in [6, 6.07) is 20.3. The van der Waals surface area contributed by atoms with Gasteiger partial charge in [0, 0.05) is 17.3 Å². The molecule has 1 heterocycles. The van der Waals surface area contributed by atoms with Gasteiger partial charge in [0.1, 0.15) is 11.6 Å². The van der Waals surface area contributed by atoms with E-state index in [4.69, 9.17) is 0 Å². The number of anilines is 2. The smallest absolute Gasteiger partial charge is 0.134 e. The predicted molar refractivity (Wildman–Crippen MR) is 86.7 cm³/mol. The maximum absolute atomic E-state index is 4.54. The number of hydrogen-bond donors (Lipinski definition) is 1. The molecule has 0 unspecified atom stereocenters. The van der Waals surface area contributed by atoms with Gasteiger partial charge in [0.2, 0.25) is 0 Å². The molecule has 1 N–H and O–H groups in total. The summed E-state index contributed by atoms with van der Waals surface area (Å²) in [5.41, 5.74) is 4.29. The predicted octanol–water partition coefficient (Wildman–Crippen LogP) is 4.50. The fourth-order valence-electron chi connectivity index (χ4n) is 2.25. The normalized spacial score (nSPS) is 10.4. The standard InChI is InChI=1S/C18H17N3/c1-13-7-6-8-15(11-13)17-12-18(20-14(2)19-17)21-16-9-4-3-5-10-16/h3-12H,1-2H3,(H,19,20,21). The van der Waals surface area contributed by atoms with Crippen LogP contribution in [0.2, 0.25) is 0 Å². The van der Waals surface area contributed by atoms with Crippen molar-refractivity contribution in [2.75, 3.05) is 5.32 Å². The third-order valence-corrected chi connectivity index (χ3v) is 3.20. The Hall–Kier alpha value is -2.68. The molecule has 2 aromatic carbocycles. The van der Waals surface area contributed by atoms with Gasteiger partial charge in [-0.1, -0.05) is 42.0 Å². The summed E-state index contributed by atoms with van der Waals surface area (Å²) in [5.74, 6) is 1.57. The van der Waals surface area contributed by atoms with Crippen LogP contribution in [0.1, 0.15) is 11.4 Å². The van der Waals surface area contributed by atoms with E-state index in [9.17, 15) is 0 Å². The molecule has 0 atom stereocenters. The van der Waals surface area contributed by atoms with Crippen molar-refractivity contribution in [3.63, 3.8) is 0 Å². The van der Waals surface area contributed by atoms with Gasteiger partial charge in [-0.05, 0) is 32.0 Å². The second kappa shape index (κ2) is 5.75. The molecule has 3 aromatic rings. The fourth-order valence-corrected chi connectivity index (χ4v) is 2.25. The van der Waals surface area contributed by atoms with Crippen LogP contribution in [0.25, 0.3) is 11.3 Å². The Bertz CT molecular complexity index is 751. The molecule has 0 fully saturated rings. The molecule has 21 heavy (non-hydrogen) atoms. The zero-order valence-electron chi connectivity index (χ0n) is 12.2. The average Bonchev–Trinajstić information content (AvgIpc) is 2.48. The van der Waals surface area contributed by atoms with Crippen LogP contribution in [0, 0.1) is 13.8 Å². The van der Waals surface area contributed by atoms with E-state index in [0.29, 0.717) is 0 Å². The van der Waals surface area contributed by atoms with Gasteiger partial charge >= 0.3 is 0 Å². The van der Waals surface area contributed by atoms with Crippen LogP contribution < -0.4 is 5.32 Å².